The van der Waals surface area contributed by atoms with Gasteiger partial charge in [0.05, 0.1) is 6.20 Å². The van der Waals surface area contributed by atoms with Crippen molar-refractivity contribution >= 4 is 11.8 Å². The third-order valence-corrected chi connectivity index (χ3v) is 5.56. The fraction of sp³-hybridized carbons (Fsp3) is 0.500. The van der Waals surface area contributed by atoms with Crippen LogP contribution in [0.3, 0.4) is 0 Å². The second-order valence-electron chi connectivity index (χ2n) is 7.83. The van der Waals surface area contributed by atoms with Crippen molar-refractivity contribution in [1.29, 1.82) is 0 Å². The van der Waals surface area contributed by atoms with Gasteiger partial charge in [0.1, 0.15) is 11.9 Å². The Kier molecular flexibility index (Phi) is 5.83. The fourth-order valence-electron chi connectivity index (χ4n) is 3.61. The first-order valence-electron chi connectivity index (χ1n) is 10.5. The number of benzene rings is 1. The Hall–Kier alpha value is -2.83. The van der Waals surface area contributed by atoms with E-state index in [4.69, 9.17) is 4.74 Å². The number of hydrogen-bond donors (Lipinski definition) is 1. The molecule has 0 bridgehead atoms. The average molecular weight is 396 g/mol. The predicted molar refractivity (Wildman–Crippen MR) is 108 cm³/mol. The van der Waals surface area contributed by atoms with Crippen LogP contribution in [-0.4, -0.2) is 45.7 Å². The van der Waals surface area contributed by atoms with Crippen LogP contribution < -0.4 is 10.1 Å². The molecule has 2 amide bonds. The highest BCUT2D eigenvalue weighted by molar-refractivity contribution is 5.94. The second-order valence-corrected chi connectivity index (χ2v) is 7.83. The highest BCUT2D eigenvalue weighted by Crippen LogP contribution is 2.32. The van der Waals surface area contributed by atoms with E-state index < -0.39 is 0 Å². The van der Waals surface area contributed by atoms with Gasteiger partial charge in [0, 0.05) is 62.3 Å². The number of amides is 2. The summed E-state index contributed by atoms with van der Waals surface area (Å²) in [5, 5.41) is 7.12. The van der Waals surface area contributed by atoms with E-state index in [1.807, 2.05) is 34.8 Å². The van der Waals surface area contributed by atoms with Gasteiger partial charge in [0.2, 0.25) is 5.91 Å². The molecule has 0 spiro atoms. The van der Waals surface area contributed by atoms with Crippen LogP contribution in [0.25, 0.3) is 0 Å². The van der Waals surface area contributed by atoms with Crippen molar-refractivity contribution in [2.45, 2.75) is 51.8 Å². The maximum Gasteiger partial charge on any atom is 0.251 e. The number of nitrogens with zero attached hydrogens (tertiary/aromatic N) is 3. The SMILES string of the molecule is CCn1cc(CNC(=O)c2ccc(OC3CCN(C(=O)C4CC4)CC3)cc2)cn1. The first kappa shape index (κ1) is 19.5. The molecule has 7 heteroatoms. The molecule has 1 aromatic heterocycles. The van der Waals surface area contributed by atoms with Crippen molar-refractivity contribution in [2.24, 2.45) is 5.92 Å². The molecule has 0 radical (unpaired) electrons. The van der Waals surface area contributed by atoms with Crippen LogP contribution in [0, 0.1) is 5.92 Å². The Labute approximate surface area is 171 Å². The molecule has 1 saturated carbocycles. The standard InChI is InChI=1S/C22H28N4O3/c1-2-26-15-16(14-24-26)13-23-21(27)17-5-7-19(8-6-17)29-20-9-11-25(12-10-20)22(28)18-3-4-18/h5-8,14-15,18,20H,2-4,9-13H2,1H3,(H,23,27). The molecule has 2 fully saturated rings. The molecule has 2 aliphatic rings. The summed E-state index contributed by atoms with van der Waals surface area (Å²) in [6, 6.07) is 7.25. The van der Waals surface area contributed by atoms with E-state index >= 15 is 0 Å². The molecule has 154 valence electrons. The smallest absolute Gasteiger partial charge is 0.251 e. The first-order chi connectivity index (χ1) is 14.1. The zero-order valence-corrected chi connectivity index (χ0v) is 16.8. The van der Waals surface area contributed by atoms with Gasteiger partial charge in [0.15, 0.2) is 0 Å². The molecular weight excluding hydrogens is 368 g/mol. The number of carbonyl (C=O) groups excluding carboxylic acids is 2. The quantitative estimate of drug-likeness (QED) is 0.781. The van der Waals surface area contributed by atoms with Gasteiger partial charge in [-0.05, 0) is 44.0 Å². The molecule has 0 atom stereocenters. The summed E-state index contributed by atoms with van der Waals surface area (Å²) in [6.07, 6.45) is 7.63. The maximum atomic E-state index is 12.3. The molecule has 1 N–H and O–H groups in total. The van der Waals surface area contributed by atoms with Crippen molar-refractivity contribution in [3.8, 4) is 5.75 Å². The Morgan fingerprint density at radius 1 is 1.14 bits per heavy atom. The molecule has 1 aliphatic carbocycles. The van der Waals surface area contributed by atoms with Crippen molar-refractivity contribution in [2.75, 3.05) is 13.1 Å². The molecule has 0 unspecified atom stereocenters. The number of carbonyl (C=O) groups is 2. The average Bonchev–Trinajstić information content (AvgIpc) is 3.50. The molecule has 2 heterocycles. The number of piperidine rings is 1. The number of nitrogens with one attached hydrogen (secondary N) is 1. The minimum absolute atomic E-state index is 0.118. The minimum Gasteiger partial charge on any atom is -0.490 e. The maximum absolute atomic E-state index is 12.3. The van der Waals surface area contributed by atoms with Gasteiger partial charge in [-0.1, -0.05) is 0 Å². The minimum atomic E-state index is -0.118. The van der Waals surface area contributed by atoms with Crippen LogP contribution in [0.15, 0.2) is 36.7 Å². The second kappa shape index (κ2) is 8.68. The highest BCUT2D eigenvalue weighted by Gasteiger charge is 2.35. The Balaban J connectivity index is 1.23. The first-order valence-corrected chi connectivity index (χ1v) is 10.5. The lowest BCUT2D eigenvalue weighted by atomic mass is 10.1. The van der Waals surface area contributed by atoms with Gasteiger partial charge in [-0.15, -0.1) is 0 Å². The van der Waals surface area contributed by atoms with Crippen LogP contribution >= 0.6 is 0 Å². The number of likely N-dealkylation sites (tertiary alicyclic amines) is 1. The molecule has 29 heavy (non-hydrogen) atoms. The van der Waals surface area contributed by atoms with Crippen LogP contribution in [0.4, 0.5) is 0 Å². The summed E-state index contributed by atoms with van der Waals surface area (Å²) in [6.45, 7) is 4.83. The zero-order valence-electron chi connectivity index (χ0n) is 16.8. The van der Waals surface area contributed by atoms with E-state index in [0.29, 0.717) is 18.0 Å². The summed E-state index contributed by atoms with van der Waals surface area (Å²) in [4.78, 5) is 26.5. The number of hydrogen-bond acceptors (Lipinski definition) is 4. The highest BCUT2D eigenvalue weighted by atomic mass is 16.5. The molecule has 7 nitrogen and oxygen atoms in total. The van der Waals surface area contributed by atoms with E-state index in [1.165, 1.54) is 0 Å². The largest absolute Gasteiger partial charge is 0.490 e. The van der Waals surface area contributed by atoms with Gasteiger partial charge in [0.25, 0.3) is 5.91 Å². The number of ether oxygens (including phenoxy) is 1. The Morgan fingerprint density at radius 3 is 2.48 bits per heavy atom. The summed E-state index contributed by atoms with van der Waals surface area (Å²) >= 11 is 0. The lowest BCUT2D eigenvalue weighted by Gasteiger charge is -2.32. The summed E-state index contributed by atoms with van der Waals surface area (Å²) < 4.78 is 7.89. The lowest BCUT2D eigenvalue weighted by molar-refractivity contribution is -0.134. The summed E-state index contributed by atoms with van der Waals surface area (Å²) in [5.41, 5.74) is 1.58. The van der Waals surface area contributed by atoms with E-state index in [1.54, 1.807) is 18.3 Å². The predicted octanol–water partition coefficient (Wildman–Crippen LogP) is 2.61. The van der Waals surface area contributed by atoms with Gasteiger partial charge < -0.3 is 15.0 Å². The molecule has 1 aromatic carbocycles. The van der Waals surface area contributed by atoms with E-state index in [-0.39, 0.29) is 17.9 Å². The molecule has 4 rings (SSSR count). The van der Waals surface area contributed by atoms with Crippen LogP contribution in [-0.2, 0) is 17.9 Å². The summed E-state index contributed by atoms with van der Waals surface area (Å²) in [5.74, 6) is 1.25. The van der Waals surface area contributed by atoms with Crippen LogP contribution in [0.2, 0.25) is 0 Å². The van der Waals surface area contributed by atoms with Crippen molar-refractivity contribution < 1.29 is 14.3 Å². The molecular formula is C22H28N4O3. The third-order valence-electron chi connectivity index (χ3n) is 5.56. The van der Waals surface area contributed by atoms with Gasteiger partial charge in [-0.25, -0.2) is 0 Å². The van der Waals surface area contributed by atoms with E-state index in [2.05, 4.69) is 10.4 Å². The van der Waals surface area contributed by atoms with E-state index in [9.17, 15) is 9.59 Å². The van der Waals surface area contributed by atoms with Crippen molar-refractivity contribution in [3.05, 3.63) is 47.8 Å². The van der Waals surface area contributed by atoms with Gasteiger partial charge >= 0.3 is 0 Å². The van der Waals surface area contributed by atoms with Crippen molar-refractivity contribution in [1.82, 2.24) is 20.0 Å². The Morgan fingerprint density at radius 2 is 1.86 bits per heavy atom. The molecule has 1 saturated heterocycles. The number of aromatic nitrogens is 2. The van der Waals surface area contributed by atoms with E-state index in [0.717, 1.165) is 56.6 Å². The normalized spacial score (nSPS) is 17.2. The van der Waals surface area contributed by atoms with Crippen LogP contribution in [0.5, 0.6) is 5.75 Å². The Bertz CT molecular complexity index is 849. The summed E-state index contributed by atoms with van der Waals surface area (Å²) in [7, 11) is 0. The third kappa shape index (κ3) is 4.96. The monoisotopic (exact) mass is 396 g/mol. The zero-order chi connectivity index (χ0) is 20.2. The van der Waals surface area contributed by atoms with Crippen LogP contribution in [0.1, 0.15) is 48.5 Å². The lowest BCUT2D eigenvalue weighted by Crippen LogP contribution is -2.42. The fourth-order valence-corrected chi connectivity index (χ4v) is 3.61. The van der Waals surface area contributed by atoms with Gasteiger partial charge in [-0.3, -0.25) is 14.3 Å². The number of rotatable bonds is 7. The molecule has 2 aromatic rings. The topological polar surface area (TPSA) is 76.5 Å². The van der Waals surface area contributed by atoms with Crippen molar-refractivity contribution in [3.63, 3.8) is 0 Å². The molecule has 1 aliphatic heterocycles. The number of aryl methyl sites for hydroxylation is 1. The van der Waals surface area contributed by atoms with Gasteiger partial charge in [-0.2, -0.15) is 5.10 Å².